The fraction of sp³-hybridized carbons (Fsp3) is 0.188. The number of ether oxygens (including phenoxy) is 1. The summed E-state index contributed by atoms with van der Waals surface area (Å²) in [7, 11) is 0. The Kier molecular flexibility index (Phi) is 6.02. The van der Waals surface area contributed by atoms with E-state index in [0.717, 1.165) is 0 Å². The molecule has 0 radical (unpaired) electrons. The number of anilines is 1. The van der Waals surface area contributed by atoms with Crippen LogP contribution in [-0.2, 0) is 6.54 Å². The Morgan fingerprint density at radius 1 is 1.25 bits per heavy atom. The molecule has 2 rings (SSSR count). The van der Waals surface area contributed by atoms with Crippen LogP contribution in [0.15, 0.2) is 36.7 Å². The highest BCUT2D eigenvalue weighted by Gasteiger charge is 2.06. The smallest absolute Gasteiger partial charge is 0.387 e. The van der Waals surface area contributed by atoms with E-state index in [-0.39, 0.29) is 18.2 Å². The van der Waals surface area contributed by atoms with Crippen molar-refractivity contribution in [1.29, 1.82) is 0 Å². The third kappa shape index (κ3) is 5.21. The van der Waals surface area contributed by atoms with E-state index in [4.69, 9.17) is 6.42 Å². The third-order valence-electron chi connectivity index (χ3n) is 2.85. The molecule has 124 valence electrons. The quantitative estimate of drug-likeness (QED) is 0.759. The number of carbonyl (C=O) groups excluding carboxylic acids is 1. The average molecular weight is 332 g/mol. The van der Waals surface area contributed by atoms with Gasteiger partial charge in [-0.3, -0.25) is 9.78 Å². The van der Waals surface area contributed by atoms with Crippen LogP contribution in [-0.4, -0.2) is 29.0 Å². The lowest BCUT2D eigenvalue weighted by atomic mass is 10.2. The molecule has 1 amide bonds. The SMILES string of the molecule is C#CCNC(=O)c1ccc(NCc2ccc(OC(F)F)cn2)nc1. The van der Waals surface area contributed by atoms with Crippen molar-refractivity contribution in [3.63, 3.8) is 0 Å². The van der Waals surface area contributed by atoms with Crippen LogP contribution in [0.5, 0.6) is 5.75 Å². The molecule has 2 aromatic heterocycles. The topological polar surface area (TPSA) is 76.1 Å². The maximum absolute atomic E-state index is 12.0. The summed E-state index contributed by atoms with van der Waals surface area (Å²) in [5.74, 6) is 2.54. The van der Waals surface area contributed by atoms with Crippen LogP contribution in [0.2, 0.25) is 0 Å². The molecule has 0 fully saturated rings. The number of alkyl halides is 2. The van der Waals surface area contributed by atoms with Crippen molar-refractivity contribution in [2.24, 2.45) is 0 Å². The Bertz CT molecular complexity index is 712. The van der Waals surface area contributed by atoms with Crippen molar-refractivity contribution in [3.05, 3.63) is 47.9 Å². The van der Waals surface area contributed by atoms with E-state index >= 15 is 0 Å². The number of nitrogens with one attached hydrogen (secondary N) is 2. The zero-order valence-electron chi connectivity index (χ0n) is 12.5. The van der Waals surface area contributed by atoms with Gasteiger partial charge in [-0.1, -0.05) is 5.92 Å². The van der Waals surface area contributed by atoms with Gasteiger partial charge in [-0.25, -0.2) is 4.98 Å². The van der Waals surface area contributed by atoms with Gasteiger partial charge in [0.2, 0.25) is 0 Å². The Labute approximate surface area is 137 Å². The third-order valence-corrected chi connectivity index (χ3v) is 2.85. The molecule has 0 unspecified atom stereocenters. The number of pyridine rings is 2. The van der Waals surface area contributed by atoms with E-state index in [1.165, 1.54) is 18.5 Å². The second-order valence-corrected chi connectivity index (χ2v) is 4.54. The van der Waals surface area contributed by atoms with Crippen molar-refractivity contribution < 1.29 is 18.3 Å². The summed E-state index contributed by atoms with van der Waals surface area (Å²) in [6.45, 7) is -2.39. The van der Waals surface area contributed by atoms with Crippen LogP contribution in [0.3, 0.4) is 0 Å². The second-order valence-electron chi connectivity index (χ2n) is 4.54. The minimum absolute atomic E-state index is 0.00536. The minimum atomic E-state index is -2.88. The number of aromatic nitrogens is 2. The van der Waals surface area contributed by atoms with Crippen LogP contribution in [0.1, 0.15) is 16.1 Å². The summed E-state index contributed by atoms with van der Waals surface area (Å²) in [5.41, 5.74) is 1.01. The Morgan fingerprint density at radius 2 is 2.08 bits per heavy atom. The van der Waals surface area contributed by atoms with Gasteiger partial charge in [-0.2, -0.15) is 8.78 Å². The number of nitrogens with zero attached hydrogens (tertiary/aromatic N) is 2. The van der Waals surface area contributed by atoms with Gasteiger partial charge in [-0.15, -0.1) is 6.42 Å². The van der Waals surface area contributed by atoms with Gasteiger partial charge >= 0.3 is 6.61 Å². The normalized spacial score (nSPS) is 10.1. The lowest BCUT2D eigenvalue weighted by molar-refractivity contribution is -0.0500. The highest BCUT2D eigenvalue weighted by atomic mass is 19.3. The van der Waals surface area contributed by atoms with Gasteiger partial charge in [0.1, 0.15) is 11.6 Å². The van der Waals surface area contributed by atoms with Crippen LogP contribution < -0.4 is 15.4 Å². The molecule has 0 aliphatic rings. The first-order valence-electron chi connectivity index (χ1n) is 6.90. The number of carbonyl (C=O) groups is 1. The van der Waals surface area contributed by atoms with E-state index in [2.05, 4.69) is 31.3 Å². The molecular formula is C16H14F2N4O2. The Hall–Kier alpha value is -3.21. The lowest BCUT2D eigenvalue weighted by Crippen LogP contribution is -2.23. The minimum Gasteiger partial charge on any atom is -0.433 e. The number of hydrogen-bond donors (Lipinski definition) is 2. The predicted molar refractivity (Wildman–Crippen MR) is 83.6 cm³/mol. The predicted octanol–water partition coefficient (Wildman–Crippen LogP) is 2.05. The standard InChI is InChI=1S/C16H14F2N4O2/c1-2-7-19-15(23)11-3-6-14(21-8-11)22-9-12-4-5-13(10-20-12)24-16(17)18/h1,3-6,8,10,16H,7,9H2,(H,19,23)(H,21,22). The molecule has 0 bridgehead atoms. The monoisotopic (exact) mass is 332 g/mol. The zero-order valence-corrected chi connectivity index (χ0v) is 12.5. The first-order chi connectivity index (χ1) is 11.6. The highest BCUT2D eigenvalue weighted by Crippen LogP contribution is 2.13. The number of rotatable bonds is 7. The molecule has 2 aromatic rings. The largest absolute Gasteiger partial charge is 0.433 e. The Balaban J connectivity index is 1.88. The van der Waals surface area contributed by atoms with E-state index < -0.39 is 6.61 Å². The molecule has 0 aliphatic carbocycles. The van der Waals surface area contributed by atoms with Crippen molar-refractivity contribution in [2.75, 3.05) is 11.9 Å². The molecule has 0 aromatic carbocycles. The molecule has 24 heavy (non-hydrogen) atoms. The highest BCUT2D eigenvalue weighted by molar-refractivity contribution is 5.94. The van der Waals surface area contributed by atoms with Crippen molar-refractivity contribution in [2.45, 2.75) is 13.2 Å². The van der Waals surface area contributed by atoms with Crippen molar-refractivity contribution >= 4 is 11.7 Å². The van der Waals surface area contributed by atoms with Crippen LogP contribution in [0.25, 0.3) is 0 Å². The molecule has 2 heterocycles. The fourth-order valence-electron chi connectivity index (χ4n) is 1.74. The molecule has 0 saturated heterocycles. The van der Waals surface area contributed by atoms with Gasteiger partial charge in [0.05, 0.1) is 30.5 Å². The fourth-order valence-corrected chi connectivity index (χ4v) is 1.74. The van der Waals surface area contributed by atoms with E-state index in [0.29, 0.717) is 23.6 Å². The summed E-state index contributed by atoms with van der Waals surface area (Å²) in [6, 6.07) is 6.21. The van der Waals surface area contributed by atoms with E-state index in [9.17, 15) is 13.6 Å². The second kappa shape index (κ2) is 8.43. The van der Waals surface area contributed by atoms with Gasteiger partial charge in [0, 0.05) is 6.20 Å². The maximum atomic E-state index is 12.0. The molecule has 0 spiro atoms. The lowest BCUT2D eigenvalue weighted by Gasteiger charge is -2.07. The molecule has 0 aliphatic heterocycles. The van der Waals surface area contributed by atoms with Crippen molar-refractivity contribution in [3.8, 4) is 18.1 Å². The molecule has 8 heteroatoms. The summed E-state index contributed by atoms with van der Waals surface area (Å²) in [4.78, 5) is 19.8. The molecule has 6 nitrogen and oxygen atoms in total. The molecule has 0 saturated carbocycles. The summed E-state index contributed by atoms with van der Waals surface area (Å²) < 4.78 is 28.3. The van der Waals surface area contributed by atoms with Crippen LogP contribution in [0, 0.1) is 12.3 Å². The zero-order chi connectivity index (χ0) is 17.4. The molecule has 2 N–H and O–H groups in total. The first kappa shape index (κ1) is 17.1. The van der Waals surface area contributed by atoms with Gasteiger partial charge in [0.25, 0.3) is 5.91 Å². The molecular weight excluding hydrogens is 318 g/mol. The van der Waals surface area contributed by atoms with Crippen LogP contribution >= 0.6 is 0 Å². The van der Waals surface area contributed by atoms with Crippen molar-refractivity contribution in [1.82, 2.24) is 15.3 Å². The summed E-state index contributed by atoms with van der Waals surface area (Å²) >= 11 is 0. The molecule has 0 atom stereocenters. The average Bonchev–Trinajstić information content (AvgIpc) is 2.59. The van der Waals surface area contributed by atoms with E-state index in [1.54, 1.807) is 18.2 Å². The number of halogens is 2. The van der Waals surface area contributed by atoms with Crippen LogP contribution in [0.4, 0.5) is 14.6 Å². The van der Waals surface area contributed by atoms with Gasteiger partial charge in [-0.05, 0) is 24.3 Å². The Morgan fingerprint density at radius 3 is 2.67 bits per heavy atom. The number of hydrogen-bond acceptors (Lipinski definition) is 5. The maximum Gasteiger partial charge on any atom is 0.387 e. The number of amides is 1. The summed E-state index contributed by atoms with van der Waals surface area (Å²) in [6.07, 6.45) is 7.70. The first-order valence-corrected chi connectivity index (χ1v) is 6.90. The van der Waals surface area contributed by atoms with Gasteiger partial charge < -0.3 is 15.4 Å². The summed E-state index contributed by atoms with van der Waals surface area (Å²) in [5, 5.41) is 5.54. The number of terminal acetylenes is 1. The van der Waals surface area contributed by atoms with Gasteiger partial charge in [0.15, 0.2) is 0 Å². The van der Waals surface area contributed by atoms with E-state index in [1.807, 2.05) is 0 Å².